The van der Waals surface area contributed by atoms with Crippen LogP contribution in [0, 0.1) is 0 Å². The highest BCUT2D eigenvalue weighted by atomic mass is 16.5. The number of nitrogens with zero attached hydrogens (tertiary/aromatic N) is 2. The van der Waals surface area contributed by atoms with Crippen molar-refractivity contribution < 1.29 is 9.47 Å². The summed E-state index contributed by atoms with van der Waals surface area (Å²) in [5.41, 5.74) is 0.800. The van der Waals surface area contributed by atoms with Crippen molar-refractivity contribution in [2.24, 2.45) is 0 Å². The number of hydrogen-bond acceptors (Lipinski definition) is 5. The molecule has 0 aliphatic carbocycles. The first-order chi connectivity index (χ1) is 8.80. The Kier molecular flexibility index (Phi) is 3.62. The Bertz CT molecular complexity index is 544. The molecule has 94 valence electrons. The van der Waals surface area contributed by atoms with Crippen molar-refractivity contribution in [1.82, 2.24) is 9.97 Å². The summed E-state index contributed by atoms with van der Waals surface area (Å²) in [4.78, 5) is 8.64. The van der Waals surface area contributed by atoms with Crippen LogP contribution in [0.2, 0.25) is 0 Å². The zero-order chi connectivity index (χ0) is 13.0. The molecule has 0 atom stereocenters. The van der Waals surface area contributed by atoms with Crippen molar-refractivity contribution in [2.75, 3.05) is 26.6 Å². The second kappa shape index (κ2) is 5.35. The lowest BCUT2D eigenvalue weighted by molar-refractivity contribution is 0.356. The second-order valence-electron chi connectivity index (χ2n) is 3.56. The van der Waals surface area contributed by atoms with Crippen molar-refractivity contribution in [3.05, 3.63) is 30.5 Å². The van der Waals surface area contributed by atoms with Gasteiger partial charge in [-0.3, -0.25) is 0 Å². The van der Waals surface area contributed by atoms with E-state index in [1.807, 2.05) is 25.2 Å². The van der Waals surface area contributed by atoms with Crippen LogP contribution in [-0.2, 0) is 0 Å². The van der Waals surface area contributed by atoms with Crippen LogP contribution in [0.4, 0.5) is 5.82 Å². The molecule has 0 unspecified atom stereocenters. The maximum absolute atomic E-state index is 5.37. The van der Waals surface area contributed by atoms with Gasteiger partial charge in [-0.2, -0.15) is 0 Å². The van der Waals surface area contributed by atoms with E-state index in [-0.39, 0.29) is 0 Å². The lowest BCUT2D eigenvalue weighted by atomic mass is 10.1. The summed E-state index contributed by atoms with van der Waals surface area (Å²) in [6, 6.07) is 7.42. The Morgan fingerprint density at radius 2 is 1.94 bits per heavy atom. The van der Waals surface area contributed by atoms with Gasteiger partial charge in [-0.25, -0.2) is 9.97 Å². The Balaban J connectivity index is 2.55. The molecule has 1 heterocycles. The van der Waals surface area contributed by atoms with Crippen LogP contribution in [0.3, 0.4) is 0 Å². The Hall–Kier alpha value is -2.30. The largest absolute Gasteiger partial charge is 0.493 e. The monoisotopic (exact) mass is 245 g/mol. The van der Waals surface area contributed by atoms with Crippen molar-refractivity contribution in [3.8, 4) is 22.9 Å². The summed E-state index contributed by atoms with van der Waals surface area (Å²) in [5.74, 6) is 2.64. The molecule has 0 saturated carbocycles. The van der Waals surface area contributed by atoms with Gasteiger partial charge >= 0.3 is 0 Å². The molecule has 0 spiro atoms. The molecule has 5 nitrogen and oxygen atoms in total. The maximum Gasteiger partial charge on any atom is 0.171 e. The molecule has 1 N–H and O–H groups in total. The van der Waals surface area contributed by atoms with Crippen molar-refractivity contribution >= 4 is 5.82 Å². The number of methoxy groups -OCH3 is 2. The highest BCUT2D eigenvalue weighted by Crippen LogP contribution is 2.36. The van der Waals surface area contributed by atoms with Crippen LogP contribution >= 0.6 is 0 Å². The van der Waals surface area contributed by atoms with E-state index in [2.05, 4.69) is 15.3 Å². The molecule has 5 heteroatoms. The van der Waals surface area contributed by atoms with Gasteiger partial charge in [0, 0.05) is 13.2 Å². The zero-order valence-corrected chi connectivity index (χ0v) is 10.6. The van der Waals surface area contributed by atoms with E-state index in [4.69, 9.17) is 9.47 Å². The highest BCUT2D eigenvalue weighted by molar-refractivity contribution is 5.69. The summed E-state index contributed by atoms with van der Waals surface area (Å²) in [7, 11) is 5.02. The minimum atomic E-state index is 0.595. The van der Waals surface area contributed by atoms with Crippen LogP contribution < -0.4 is 14.8 Å². The van der Waals surface area contributed by atoms with Gasteiger partial charge in [0.05, 0.1) is 19.8 Å². The smallest absolute Gasteiger partial charge is 0.171 e. The first kappa shape index (κ1) is 12.2. The Labute approximate surface area is 106 Å². The van der Waals surface area contributed by atoms with Gasteiger partial charge in [-0.05, 0) is 18.2 Å². The predicted octanol–water partition coefficient (Wildman–Crippen LogP) is 2.20. The number of aromatic nitrogens is 2. The van der Waals surface area contributed by atoms with Crippen LogP contribution in [0.5, 0.6) is 11.5 Å². The molecule has 0 bridgehead atoms. The van der Waals surface area contributed by atoms with E-state index in [0.717, 1.165) is 11.4 Å². The molecule has 1 aromatic carbocycles. The molecule has 0 fully saturated rings. The molecule has 0 aliphatic rings. The van der Waals surface area contributed by atoms with Gasteiger partial charge in [0.2, 0.25) is 0 Å². The fourth-order valence-corrected chi connectivity index (χ4v) is 1.69. The third-order valence-corrected chi connectivity index (χ3v) is 2.56. The molecule has 0 radical (unpaired) electrons. The van der Waals surface area contributed by atoms with Crippen LogP contribution in [0.15, 0.2) is 30.5 Å². The fraction of sp³-hybridized carbons (Fsp3) is 0.231. The van der Waals surface area contributed by atoms with E-state index < -0.39 is 0 Å². The number of nitrogens with one attached hydrogen (secondary N) is 1. The Morgan fingerprint density at radius 1 is 1.11 bits per heavy atom. The number of para-hydroxylation sites is 1. The topological polar surface area (TPSA) is 56.3 Å². The molecular formula is C13H15N3O2. The third kappa shape index (κ3) is 2.20. The molecule has 0 aliphatic heterocycles. The lowest BCUT2D eigenvalue weighted by Gasteiger charge is -2.11. The van der Waals surface area contributed by atoms with Crippen molar-refractivity contribution in [2.45, 2.75) is 0 Å². The third-order valence-electron chi connectivity index (χ3n) is 2.56. The first-order valence-corrected chi connectivity index (χ1v) is 5.52. The Morgan fingerprint density at radius 3 is 2.61 bits per heavy atom. The highest BCUT2D eigenvalue weighted by Gasteiger charge is 2.13. The van der Waals surface area contributed by atoms with E-state index >= 15 is 0 Å². The molecule has 1 aromatic heterocycles. The molecule has 2 aromatic rings. The van der Waals surface area contributed by atoms with Gasteiger partial charge in [-0.15, -0.1) is 0 Å². The van der Waals surface area contributed by atoms with Gasteiger partial charge in [0.15, 0.2) is 17.3 Å². The number of hydrogen-bond donors (Lipinski definition) is 1. The van der Waals surface area contributed by atoms with Crippen LogP contribution in [-0.4, -0.2) is 31.2 Å². The minimum Gasteiger partial charge on any atom is -0.493 e. The van der Waals surface area contributed by atoms with Gasteiger partial charge in [0.25, 0.3) is 0 Å². The van der Waals surface area contributed by atoms with E-state index in [1.54, 1.807) is 26.5 Å². The number of benzene rings is 1. The minimum absolute atomic E-state index is 0.595. The number of anilines is 1. The average Bonchev–Trinajstić information content (AvgIpc) is 2.46. The zero-order valence-electron chi connectivity index (χ0n) is 10.6. The summed E-state index contributed by atoms with van der Waals surface area (Å²) >= 11 is 0. The first-order valence-electron chi connectivity index (χ1n) is 5.52. The molecule has 2 rings (SSSR count). The predicted molar refractivity (Wildman–Crippen MR) is 70.1 cm³/mol. The fourth-order valence-electron chi connectivity index (χ4n) is 1.69. The summed E-state index contributed by atoms with van der Waals surface area (Å²) in [6.45, 7) is 0. The van der Waals surface area contributed by atoms with Gasteiger partial charge in [0.1, 0.15) is 5.82 Å². The summed E-state index contributed by atoms with van der Waals surface area (Å²) in [5, 5.41) is 2.98. The van der Waals surface area contributed by atoms with E-state index in [9.17, 15) is 0 Å². The quantitative estimate of drug-likeness (QED) is 0.895. The summed E-state index contributed by atoms with van der Waals surface area (Å²) < 4.78 is 10.6. The molecule has 0 saturated heterocycles. The van der Waals surface area contributed by atoms with Gasteiger partial charge < -0.3 is 14.8 Å². The number of ether oxygens (including phenoxy) is 2. The normalized spacial score (nSPS) is 9.94. The summed E-state index contributed by atoms with van der Waals surface area (Å²) in [6.07, 6.45) is 1.70. The van der Waals surface area contributed by atoms with Crippen LogP contribution in [0.25, 0.3) is 11.4 Å². The SMILES string of the molecule is CNc1ccnc(-c2cccc(OC)c2OC)n1. The maximum atomic E-state index is 5.37. The molecule has 0 amide bonds. The van der Waals surface area contributed by atoms with E-state index in [0.29, 0.717) is 17.3 Å². The second-order valence-corrected chi connectivity index (χ2v) is 3.56. The van der Waals surface area contributed by atoms with Crippen molar-refractivity contribution in [1.29, 1.82) is 0 Å². The number of rotatable bonds is 4. The molecular weight excluding hydrogens is 230 g/mol. The van der Waals surface area contributed by atoms with E-state index in [1.165, 1.54) is 0 Å². The lowest BCUT2D eigenvalue weighted by Crippen LogP contribution is -1.98. The van der Waals surface area contributed by atoms with Crippen LogP contribution in [0.1, 0.15) is 0 Å². The van der Waals surface area contributed by atoms with Crippen molar-refractivity contribution in [3.63, 3.8) is 0 Å². The average molecular weight is 245 g/mol. The molecule has 18 heavy (non-hydrogen) atoms. The van der Waals surface area contributed by atoms with Gasteiger partial charge in [-0.1, -0.05) is 6.07 Å². The standard InChI is InChI=1S/C13H15N3O2/c1-14-11-7-8-15-13(16-11)9-5-4-6-10(17-2)12(9)18-3/h4-8H,1-3H3,(H,14,15,16).